The Kier molecular flexibility index (Phi) is 5.03. The number of benzene rings is 1. The van der Waals surface area contributed by atoms with Crippen molar-refractivity contribution in [2.24, 2.45) is 0 Å². The lowest BCUT2D eigenvalue weighted by molar-refractivity contribution is 0.298. The third-order valence-electron chi connectivity index (χ3n) is 4.18. The third-order valence-corrected chi connectivity index (χ3v) is 4.48. The van der Waals surface area contributed by atoms with Crippen LogP contribution < -0.4 is 5.32 Å². The fourth-order valence-corrected chi connectivity index (χ4v) is 3.13. The van der Waals surface area contributed by atoms with E-state index in [0.717, 1.165) is 6.20 Å². The Hall–Kier alpha value is -3.61. The average Bonchev–Trinajstić information content (AvgIpc) is 3.16. The van der Waals surface area contributed by atoms with E-state index in [1.807, 2.05) is 0 Å². The van der Waals surface area contributed by atoms with Gasteiger partial charge >= 0.3 is 0 Å². The fraction of sp³-hybridized carbons (Fsp3) is 0.105. The number of aromatic nitrogens is 5. The molecule has 0 aliphatic rings. The maximum absolute atomic E-state index is 14.4. The smallest absolute Gasteiger partial charge is 0.169 e. The molecule has 0 spiro atoms. The van der Waals surface area contributed by atoms with Crippen LogP contribution in [0.3, 0.4) is 0 Å². The number of fused-ring (bicyclic) bond motifs is 1. The number of aliphatic hydroxyl groups is 1. The van der Waals surface area contributed by atoms with E-state index >= 15 is 0 Å². The first-order valence-corrected chi connectivity index (χ1v) is 8.90. The summed E-state index contributed by atoms with van der Waals surface area (Å²) in [5, 5.41) is 26.4. The monoisotopic (exact) mass is 409 g/mol. The summed E-state index contributed by atoms with van der Waals surface area (Å²) < 4.78 is 15.7. The van der Waals surface area contributed by atoms with Gasteiger partial charge in [0.2, 0.25) is 0 Å². The van der Waals surface area contributed by atoms with Crippen molar-refractivity contribution in [2.75, 3.05) is 11.9 Å². The highest BCUT2D eigenvalue weighted by Crippen LogP contribution is 2.29. The molecule has 0 bridgehead atoms. The van der Waals surface area contributed by atoms with Crippen LogP contribution in [-0.4, -0.2) is 36.4 Å². The Morgan fingerprint density at radius 1 is 1.28 bits per heavy atom. The first kappa shape index (κ1) is 18.7. The van der Waals surface area contributed by atoms with Gasteiger partial charge in [0, 0.05) is 31.0 Å². The normalized spacial score (nSPS) is 10.8. The lowest BCUT2D eigenvalue weighted by Crippen LogP contribution is -2.01. The van der Waals surface area contributed by atoms with Gasteiger partial charge in [-0.15, -0.1) is 0 Å². The van der Waals surface area contributed by atoms with Crippen LogP contribution in [0.15, 0.2) is 43.0 Å². The Morgan fingerprint density at radius 2 is 2.14 bits per heavy atom. The van der Waals surface area contributed by atoms with Crippen LogP contribution in [0.4, 0.5) is 16.0 Å². The highest BCUT2D eigenvalue weighted by atomic mass is 35.5. The summed E-state index contributed by atoms with van der Waals surface area (Å²) in [4.78, 5) is 12.3. The molecule has 144 valence electrons. The minimum absolute atomic E-state index is 0.0403. The van der Waals surface area contributed by atoms with Gasteiger partial charge in [-0.2, -0.15) is 10.4 Å². The zero-order valence-electron chi connectivity index (χ0n) is 14.8. The molecule has 0 fully saturated rings. The van der Waals surface area contributed by atoms with Crippen molar-refractivity contribution >= 4 is 34.1 Å². The van der Waals surface area contributed by atoms with E-state index in [-0.39, 0.29) is 12.1 Å². The van der Waals surface area contributed by atoms with Gasteiger partial charge in [-0.1, -0.05) is 17.7 Å². The SMILES string of the molecule is N#Cc1cccc(Cl)c1-n1cc2c(Nc3cc(CCO)ncn3)ncc(F)c2n1. The zero-order chi connectivity index (χ0) is 20.4. The van der Waals surface area contributed by atoms with Crippen molar-refractivity contribution in [2.45, 2.75) is 6.42 Å². The molecule has 0 atom stereocenters. The number of hydrogen-bond acceptors (Lipinski definition) is 7. The van der Waals surface area contributed by atoms with Crippen LogP contribution in [-0.2, 0) is 6.42 Å². The first-order chi connectivity index (χ1) is 14.1. The van der Waals surface area contributed by atoms with Gasteiger partial charge in [-0.3, -0.25) is 0 Å². The van der Waals surface area contributed by atoms with E-state index in [1.54, 1.807) is 30.5 Å². The highest BCUT2D eigenvalue weighted by Gasteiger charge is 2.17. The van der Waals surface area contributed by atoms with Gasteiger partial charge in [-0.05, 0) is 12.1 Å². The molecule has 0 saturated heterocycles. The molecule has 0 radical (unpaired) electrons. The molecule has 4 rings (SSSR count). The Balaban J connectivity index is 1.81. The summed E-state index contributed by atoms with van der Waals surface area (Å²) in [5.74, 6) is 0.150. The fourth-order valence-electron chi connectivity index (χ4n) is 2.87. The van der Waals surface area contributed by atoms with Crippen molar-refractivity contribution in [1.82, 2.24) is 24.7 Å². The maximum Gasteiger partial charge on any atom is 0.169 e. The van der Waals surface area contributed by atoms with E-state index in [1.165, 1.54) is 11.0 Å². The lowest BCUT2D eigenvalue weighted by atomic mass is 10.2. The number of anilines is 2. The molecule has 2 N–H and O–H groups in total. The molecule has 8 nitrogen and oxygen atoms in total. The molecule has 29 heavy (non-hydrogen) atoms. The number of para-hydroxylation sites is 1. The van der Waals surface area contributed by atoms with Crippen molar-refractivity contribution in [3.63, 3.8) is 0 Å². The summed E-state index contributed by atoms with van der Waals surface area (Å²) in [6, 6.07) is 8.61. The topological polar surface area (TPSA) is 113 Å². The molecule has 0 unspecified atom stereocenters. The third kappa shape index (κ3) is 3.59. The van der Waals surface area contributed by atoms with Gasteiger partial charge in [-0.25, -0.2) is 24.0 Å². The summed E-state index contributed by atoms with van der Waals surface area (Å²) in [6.45, 7) is -0.0403. The molecule has 1 aromatic carbocycles. The van der Waals surface area contributed by atoms with Crippen molar-refractivity contribution < 1.29 is 9.50 Å². The lowest BCUT2D eigenvalue weighted by Gasteiger charge is -2.07. The minimum Gasteiger partial charge on any atom is -0.396 e. The number of pyridine rings is 1. The Morgan fingerprint density at radius 3 is 2.93 bits per heavy atom. The molecule has 10 heteroatoms. The zero-order valence-corrected chi connectivity index (χ0v) is 15.6. The van der Waals surface area contributed by atoms with Crippen molar-refractivity contribution in [1.29, 1.82) is 5.26 Å². The molecular weight excluding hydrogens is 397 g/mol. The van der Waals surface area contributed by atoms with Gasteiger partial charge in [0.05, 0.1) is 22.2 Å². The van der Waals surface area contributed by atoms with Crippen molar-refractivity contribution in [3.8, 4) is 11.8 Å². The number of nitrogens with zero attached hydrogens (tertiary/aromatic N) is 6. The summed E-state index contributed by atoms with van der Waals surface area (Å²) >= 11 is 6.25. The van der Waals surface area contributed by atoms with E-state index < -0.39 is 5.82 Å². The largest absolute Gasteiger partial charge is 0.396 e. The van der Waals surface area contributed by atoms with E-state index in [4.69, 9.17) is 16.7 Å². The van der Waals surface area contributed by atoms with Crippen molar-refractivity contribution in [3.05, 3.63) is 65.1 Å². The van der Waals surface area contributed by atoms with E-state index in [0.29, 0.717) is 45.4 Å². The second-order valence-corrected chi connectivity index (χ2v) is 6.44. The number of halogens is 2. The Bertz CT molecular complexity index is 1250. The molecule has 0 aliphatic heterocycles. The molecule has 0 aliphatic carbocycles. The summed E-state index contributed by atoms with van der Waals surface area (Å²) in [7, 11) is 0. The summed E-state index contributed by atoms with van der Waals surface area (Å²) in [6.07, 6.45) is 4.34. The minimum atomic E-state index is -0.612. The van der Waals surface area contributed by atoms with E-state index in [9.17, 15) is 9.65 Å². The predicted octanol–water partition coefficient (Wildman–Crippen LogP) is 3.15. The molecule has 0 saturated carbocycles. The standard InChI is InChI=1S/C19H13ClFN7O/c20-14-3-1-2-11(7-22)18(14)28-9-13-17(27-28)15(21)8-23-19(13)26-16-6-12(4-5-29)24-10-25-16/h1-3,6,8-10,29H,4-5H2,(H,23,24,25,26). The molecule has 3 aromatic heterocycles. The highest BCUT2D eigenvalue weighted by molar-refractivity contribution is 6.32. The van der Waals surface area contributed by atoms with E-state index in [2.05, 4.69) is 31.4 Å². The van der Waals surface area contributed by atoms with Crippen LogP contribution in [0.25, 0.3) is 16.6 Å². The molecule has 0 amide bonds. The molecule has 3 heterocycles. The Labute approximate surface area is 169 Å². The number of hydrogen-bond donors (Lipinski definition) is 2. The quantitative estimate of drug-likeness (QED) is 0.520. The number of nitrogens with one attached hydrogen (secondary N) is 1. The maximum atomic E-state index is 14.4. The van der Waals surface area contributed by atoms with Crippen LogP contribution in [0.1, 0.15) is 11.3 Å². The number of aliphatic hydroxyl groups excluding tert-OH is 1. The molecule has 4 aromatic rings. The second-order valence-electron chi connectivity index (χ2n) is 6.03. The summed E-state index contributed by atoms with van der Waals surface area (Å²) in [5.41, 5.74) is 1.37. The van der Waals surface area contributed by atoms with Crippen LogP contribution in [0.2, 0.25) is 5.02 Å². The first-order valence-electron chi connectivity index (χ1n) is 8.52. The van der Waals surface area contributed by atoms with Gasteiger partial charge in [0.25, 0.3) is 0 Å². The second kappa shape index (κ2) is 7.79. The van der Waals surface area contributed by atoms with Gasteiger partial charge in [0.1, 0.15) is 35.2 Å². The van der Waals surface area contributed by atoms with Gasteiger partial charge < -0.3 is 10.4 Å². The van der Waals surface area contributed by atoms with Crippen LogP contribution in [0, 0.1) is 17.1 Å². The number of nitriles is 1. The predicted molar refractivity (Wildman–Crippen MR) is 105 cm³/mol. The van der Waals surface area contributed by atoms with Crippen LogP contribution in [0.5, 0.6) is 0 Å². The molecular formula is C19H13ClFN7O. The van der Waals surface area contributed by atoms with Gasteiger partial charge in [0.15, 0.2) is 5.82 Å². The number of rotatable bonds is 5. The van der Waals surface area contributed by atoms with Crippen LogP contribution >= 0.6 is 11.6 Å². The average molecular weight is 410 g/mol.